The Labute approximate surface area is 197 Å². The predicted molar refractivity (Wildman–Crippen MR) is 124 cm³/mol. The molecule has 0 aliphatic rings. The Kier molecular flexibility index (Phi) is 5.57. The molecule has 33 heavy (non-hydrogen) atoms. The minimum Gasteiger partial charge on any atom is -0.497 e. The minimum absolute atomic E-state index is 0.126. The highest BCUT2D eigenvalue weighted by Crippen LogP contribution is 2.31. The van der Waals surface area contributed by atoms with Crippen molar-refractivity contribution in [2.75, 3.05) is 7.11 Å². The number of nitrogens with zero attached hydrogens (tertiary/aromatic N) is 4. The molecular formula is C23H17ClN4O4S. The molecule has 166 valence electrons. The Bertz CT molecular complexity index is 1440. The molecule has 3 heterocycles. The van der Waals surface area contributed by atoms with Gasteiger partial charge in [-0.05, 0) is 61.5 Å². The molecule has 2 aromatic carbocycles. The second kappa shape index (κ2) is 8.68. The molecule has 0 N–H and O–H groups in total. The van der Waals surface area contributed by atoms with E-state index in [2.05, 4.69) is 15.3 Å². The summed E-state index contributed by atoms with van der Waals surface area (Å²) in [6.07, 6.45) is 0. The number of aryl methyl sites for hydroxylation is 1. The first-order valence-electron chi connectivity index (χ1n) is 9.91. The van der Waals surface area contributed by atoms with Crippen LogP contribution in [0.3, 0.4) is 0 Å². The van der Waals surface area contributed by atoms with Crippen LogP contribution in [0.4, 0.5) is 0 Å². The highest BCUT2D eigenvalue weighted by atomic mass is 35.5. The van der Waals surface area contributed by atoms with Crippen LogP contribution >= 0.6 is 22.9 Å². The van der Waals surface area contributed by atoms with Crippen LogP contribution in [0.1, 0.15) is 21.3 Å². The zero-order chi connectivity index (χ0) is 22.9. The van der Waals surface area contributed by atoms with Gasteiger partial charge in [-0.15, -0.1) is 21.5 Å². The number of carbonyl (C=O) groups excluding carboxylic acids is 1. The van der Waals surface area contributed by atoms with Gasteiger partial charge in [0.1, 0.15) is 15.5 Å². The number of hydrogen-bond acceptors (Lipinski definition) is 8. The van der Waals surface area contributed by atoms with Gasteiger partial charge in [-0.1, -0.05) is 11.6 Å². The van der Waals surface area contributed by atoms with Crippen LogP contribution in [-0.4, -0.2) is 33.1 Å². The summed E-state index contributed by atoms with van der Waals surface area (Å²) in [6.45, 7) is 1.77. The Morgan fingerprint density at radius 3 is 2.61 bits per heavy atom. The summed E-state index contributed by atoms with van der Waals surface area (Å²) in [5.74, 6) is 0.802. The van der Waals surface area contributed by atoms with Crippen LogP contribution in [-0.2, 0) is 11.3 Å². The van der Waals surface area contributed by atoms with Gasteiger partial charge in [-0.3, -0.25) is 0 Å². The van der Waals surface area contributed by atoms with Crippen LogP contribution in [0.25, 0.3) is 27.4 Å². The number of esters is 1. The standard InChI is InChI=1S/C23H17ClN4O4S/c1-13-18-11-19(33-22(18)28(27-13)16-7-5-15(24)6-8-16)23(29)31-12-20-25-26-21(32-20)14-3-9-17(30-2)10-4-14/h3-11H,12H2,1-2H3. The van der Waals surface area contributed by atoms with Crippen LogP contribution < -0.4 is 4.74 Å². The molecular weight excluding hydrogens is 464 g/mol. The summed E-state index contributed by atoms with van der Waals surface area (Å²) in [5, 5.41) is 14.1. The molecule has 0 bridgehead atoms. The van der Waals surface area contributed by atoms with Crippen molar-refractivity contribution in [3.63, 3.8) is 0 Å². The van der Waals surface area contributed by atoms with Gasteiger partial charge in [0.25, 0.3) is 5.89 Å². The maximum atomic E-state index is 12.7. The third-order valence-corrected chi connectivity index (χ3v) is 6.29. The number of ether oxygens (including phenoxy) is 2. The van der Waals surface area contributed by atoms with E-state index in [-0.39, 0.29) is 12.5 Å². The van der Waals surface area contributed by atoms with Crippen LogP contribution in [0.15, 0.2) is 59.0 Å². The summed E-state index contributed by atoms with van der Waals surface area (Å²) in [5.41, 5.74) is 2.42. The van der Waals surface area contributed by atoms with Gasteiger partial charge in [-0.2, -0.15) is 5.10 Å². The molecule has 5 rings (SSSR count). The maximum Gasteiger partial charge on any atom is 0.348 e. The first kappa shape index (κ1) is 21.2. The van der Waals surface area contributed by atoms with Gasteiger partial charge in [0.2, 0.25) is 5.89 Å². The molecule has 5 aromatic rings. The number of benzene rings is 2. The number of methoxy groups -OCH3 is 1. The molecule has 0 saturated heterocycles. The number of rotatable bonds is 6. The molecule has 3 aromatic heterocycles. The first-order valence-corrected chi connectivity index (χ1v) is 11.1. The maximum absolute atomic E-state index is 12.7. The third-order valence-electron chi connectivity index (χ3n) is 4.95. The summed E-state index contributed by atoms with van der Waals surface area (Å²) in [7, 11) is 1.60. The van der Waals surface area contributed by atoms with Crippen molar-refractivity contribution >= 4 is 39.1 Å². The lowest BCUT2D eigenvalue weighted by Crippen LogP contribution is -2.03. The molecule has 0 fully saturated rings. The molecule has 8 nitrogen and oxygen atoms in total. The average molecular weight is 481 g/mol. The van der Waals surface area contributed by atoms with Crippen LogP contribution in [0.2, 0.25) is 5.02 Å². The zero-order valence-electron chi connectivity index (χ0n) is 17.6. The summed E-state index contributed by atoms with van der Waals surface area (Å²) in [6, 6.07) is 16.4. The monoisotopic (exact) mass is 480 g/mol. The molecule has 0 amide bonds. The molecule has 0 atom stereocenters. The largest absolute Gasteiger partial charge is 0.497 e. The van der Waals surface area contributed by atoms with E-state index in [1.165, 1.54) is 11.3 Å². The lowest BCUT2D eigenvalue weighted by atomic mass is 10.2. The van der Waals surface area contributed by atoms with Gasteiger partial charge in [0, 0.05) is 16.0 Å². The van der Waals surface area contributed by atoms with Gasteiger partial charge in [-0.25, -0.2) is 9.48 Å². The van der Waals surface area contributed by atoms with Crippen LogP contribution in [0, 0.1) is 6.92 Å². The van der Waals surface area contributed by atoms with Crippen LogP contribution in [0.5, 0.6) is 5.75 Å². The number of hydrogen-bond donors (Lipinski definition) is 0. The fourth-order valence-electron chi connectivity index (χ4n) is 3.27. The van der Waals surface area contributed by atoms with E-state index < -0.39 is 5.97 Å². The molecule has 0 aliphatic heterocycles. The topological polar surface area (TPSA) is 92.3 Å². The lowest BCUT2D eigenvalue weighted by Gasteiger charge is -2.02. The quantitative estimate of drug-likeness (QED) is 0.298. The Morgan fingerprint density at radius 1 is 1.12 bits per heavy atom. The number of carbonyl (C=O) groups is 1. The highest BCUT2D eigenvalue weighted by Gasteiger charge is 2.19. The van der Waals surface area contributed by atoms with Crippen molar-refractivity contribution < 1.29 is 18.7 Å². The SMILES string of the molecule is COc1ccc(-c2nnc(COC(=O)c3cc4c(C)nn(-c5ccc(Cl)cc5)c4s3)o2)cc1. The minimum atomic E-state index is -0.470. The smallest absolute Gasteiger partial charge is 0.348 e. The first-order chi connectivity index (χ1) is 16.0. The van der Waals surface area contributed by atoms with Gasteiger partial charge >= 0.3 is 5.97 Å². The molecule has 0 saturated carbocycles. The second-order valence-corrected chi connectivity index (χ2v) is 8.58. The summed E-state index contributed by atoms with van der Waals surface area (Å²) >= 11 is 7.30. The second-order valence-electron chi connectivity index (χ2n) is 7.11. The third kappa shape index (κ3) is 4.20. The molecule has 0 unspecified atom stereocenters. The van der Waals surface area contributed by atoms with Crippen molar-refractivity contribution in [3.8, 4) is 22.9 Å². The normalized spacial score (nSPS) is 11.1. The van der Waals surface area contributed by atoms with Crippen molar-refractivity contribution in [2.24, 2.45) is 0 Å². The van der Waals surface area contributed by atoms with E-state index in [9.17, 15) is 4.79 Å². The van der Waals surface area contributed by atoms with E-state index in [1.807, 2.05) is 31.2 Å². The fraction of sp³-hybridized carbons (Fsp3) is 0.130. The van der Waals surface area contributed by atoms with E-state index in [0.717, 1.165) is 32.9 Å². The fourth-order valence-corrected chi connectivity index (χ4v) is 4.47. The van der Waals surface area contributed by atoms with Crippen molar-refractivity contribution in [2.45, 2.75) is 13.5 Å². The predicted octanol–water partition coefficient (Wildman–Crippen LogP) is 5.46. The van der Waals surface area contributed by atoms with E-state index >= 15 is 0 Å². The summed E-state index contributed by atoms with van der Waals surface area (Å²) < 4.78 is 18.0. The lowest BCUT2D eigenvalue weighted by molar-refractivity contribution is 0.0444. The van der Waals surface area contributed by atoms with Crippen molar-refractivity contribution in [1.29, 1.82) is 0 Å². The van der Waals surface area contributed by atoms with E-state index in [1.54, 1.807) is 42.1 Å². The van der Waals surface area contributed by atoms with E-state index in [4.69, 9.17) is 25.5 Å². The van der Waals surface area contributed by atoms with Crippen molar-refractivity contribution in [1.82, 2.24) is 20.0 Å². The van der Waals surface area contributed by atoms with Gasteiger partial charge in [0.05, 0.1) is 18.5 Å². The Hall–Kier alpha value is -3.69. The molecule has 0 radical (unpaired) electrons. The highest BCUT2D eigenvalue weighted by molar-refractivity contribution is 7.20. The molecule has 10 heteroatoms. The van der Waals surface area contributed by atoms with Gasteiger partial charge in [0.15, 0.2) is 6.61 Å². The Morgan fingerprint density at radius 2 is 1.88 bits per heavy atom. The number of halogens is 1. The van der Waals surface area contributed by atoms with E-state index in [0.29, 0.717) is 15.8 Å². The number of thiophene rings is 1. The van der Waals surface area contributed by atoms with Crippen molar-refractivity contribution in [3.05, 3.63) is 76.1 Å². The zero-order valence-corrected chi connectivity index (χ0v) is 19.2. The number of fused-ring (bicyclic) bond motifs is 1. The average Bonchev–Trinajstić information content (AvgIpc) is 3.55. The summed E-state index contributed by atoms with van der Waals surface area (Å²) in [4.78, 5) is 14.0. The molecule has 0 aliphatic carbocycles. The Balaban J connectivity index is 1.31. The molecule has 0 spiro atoms. The van der Waals surface area contributed by atoms with Gasteiger partial charge < -0.3 is 13.9 Å². The number of aromatic nitrogens is 4.